The number of halogens is 1. The molecule has 3 aromatic rings. The van der Waals surface area contributed by atoms with E-state index in [9.17, 15) is 4.79 Å². The van der Waals surface area contributed by atoms with E-state index in [0.29, 0.717) is 17.4 Å². The van der Waals surface area contributed by atoms with Gasteiger partial charge in [-0.05, 0) is 50.5 Å². The Hall–Kier alpha value is -2.86. The number of benzene rings is 2. The van der Waals surface area contributed by atoms with Gasteiger partial charge in [-0.2, -0.15) is 0 Å². The molecule has 1 aliphatic heterocycles. The van der Waals surface area contributed by atoms with Crippen molar-refractivity contribution < 1.29 is 9.53 Å². The molecule has 2 aromatic carbocycles. The zero-order valence-electron chi connectivity index (χ0n) is 17.8. The Morgan fingerprint density at radius 1 is 1.10 bits per heavy atom. The van der Waals surface area contributed by atoms with Crippen molar-refractivity contribution in [3.8, 4) is 5.88 Å². The summed E-state index contributed by atoms with van der Waals surface area (Å²) >= 11 is 6.19. The minimum Gasteiger partial charge on any atom is -0.472 e. The van der Waals surface area contributed by atoms with Gasteiger partial charge in [0.1, 0.15) is 0 Å². The fourth-order valence-electron chi connectivity index (χ4n) is 3.80. The highest BCUT2D eigenvalue weighted by Crippen LogP contribution is 2.31. The lowest BCUT2D eigenvalue weighted by molar-refractivity contribution is -0.125. The molecule has 6 nitrogen and oxygen atoms in total. The van der Waals surface area contributed by atoms with Crippen LogP contribution in [0, 0.1) is 5.92 Å². The number of rotatable bonds is 6. The first kappa shape index (κ1) is 21.4. The number of hydrogen-bond acceptors (Lipinski definition) is 5. The van der Waals surface area contributed by atoms with Crippen molar-refractivity contribution in [3.63, 3.8) is 0 Å². The molecule has 0 unspecified atom stereocenters. The number of carbonyl (C=O) groups is 1. The number of anilines is 1. The summed E-state index contributed by atoms with van der Waals surface area (Å²) in [7, 11) is 0. The predicted octanol–water partition coefficient (Wildman–Crippen LogP) is 4.60. The van der Waals surface area contributed by atoms with Crippen LogP contribution < -0.4 is 15.0 Å². The van der Waals surface area contributed by atoms with Gasteiger partial charge < -0.3 is 15.0 Å². The zero-order chi connectivity index (χ0) is 21.8. The number of ether oxygens (including phenoxy) is 1. The Bertz CT molecular complexity index is 1060. The monoisotopic (exact) mass is 438 g/mol. The molecule has 1 N–H and O–H groups in total. The van der Waals surface area contributed by atoms with E-state index in [2.05, 4.69) is 10.2 Å². The summed E-state index contributed by atoms with van der Waals surface area (Å²) in [6.07, 6.45) is 1.51. The minimum absolute atomic E-state index is 0.00217. The van der Waals surface area contributed by atoms with Crippen LogP contribution in [0.25, 0.3) is 11.0 Å². The van der Waals surface area contributed by atoms with E-state index in [4.69, 9.17) is 26.3 Å². The molecule has 4 rings (SSSR count). The summed E-state index contributed by atoms with van der Waals surface area (Å²) in [6, 6.07) is 15.4. The number of nitrogens with one attached hydrogen (secondary N) is 1. The maximum atomic E-state index is 12.7. The molecule has 1 fully saturated rings. The average molecular weight is 439 g/mol. The second kappa shape index (κ2) is 9.52. The molecule has 0 aliphatic carbocycles. The van der Waals surface area contributed by atoms with Crippen LogP contribution in [0.5, 0.6) is 5.88 Å². The number of hydrogen-bond donors (Lipinski definition) is 1. The Labute approximate surface area is 187 Å². The van der Waals surface area contributed by atoms with E-state index >= 15 is 0 Å². The van der Waals surface area contributed by atoms with Gasteiger partial charge >= 0.3 is 0 Å². The van der Waals surface area contributed by atoms with Crippen LogP contribution in [0.1, 0.15) is 32.3 Å². The van der Waals surface area contributed by atoms with E-state index in [1.165, 1.54) is 0 Å². The lowest BCUT2D eigenvalue weighted by Gasteiger charge is -2.33. The third-order valence-electron chi connectivity index (χ3n) is 5.44. The van der Waals surface area contributed by atoms with Crippen molar-refractivity contribution in [2.75, 3.05) is 18.0 Å². The minimum atomic E-state index is -0.0263. The Balaban J connectivity index is 1.42. The van der Waals surface area contributed by atoms with Gasteiger partial charge in [0.2, 0.25) is 5.91 Å². The van der Waals surface area contributed by atoms with Crippen LogP contribution in [0.2, 0.25) is 5.02 Å². The van der Waals surface area contributed by atoms with Gasteiger partial charge in [-0.25, -0.2) is 9.97 Å². The number of para-hydroxylation sites is 2. The molecular weight excluding hydrogens is 412 g/mol. The maximum absolute atomic E-state index is 12.7. The van der Waals surface area contributed by atoms with Crippen molar-refractivity contribution >= 4 is 34.4 Å². The van der Waals surface area contributed by atoms with Crippen LogP contribution in [0.15, 0.2) is 48.5 Å². The lowest BCUT2D eigenvalue weighted by atomic mass is 9.96. The molecule has 0 spiro atoms. The molecule has 0 radical (unpaired) electrons. The van der Waals surface area contributed by atoms with Gasteiger partial charge in [0, 0.05) is 30.6 Å². The first-order valence-electron chi connectivity index (χ1n) is 10.7. The van der Waals surface area contributed by atoms with Crippen molar-refractivity contribution in [2.24, 2.45) is 5.92 Å². The normalized spacial score (nSPS) is 14.8. The van der Waals surface area contributed by atoms with Crippen LogP contribution in [-0.4, -0.2) is 35.1 Å². The highest BCUT2D eigenvalue weighted by Gasteiger charge is 2.28. The first-order chi connectivity index (χ1) is 15.0. The second-order valence-electron chi connectivity index (χ2n) is 8.08. The number of nitrogens with zero attached hydrogens (tertiary/aromatic N) is 3. The zero-order valence-corrected chi connectivity index (χ0v) is 18.6. The van der Waals surface area contributed by atoms with Gasteiger partial charge in [-0.15, -0.1) is 0 Å². The first-order valence-corrected chi connectivity index (χ1v) is 11.1. The van der Waals surface area contributed by atoms with Crippen molar-refractivity contribution in [3.05, 3.63) is 59.1 Å². The molecule has 0 atom stereocenters. The maximum Gasteiger partial charge on any atom is 0.258 e. The number of carbonyl (C=O) groups excluding carboxylic acids is 1. The lowest BCUT2D eigenvalue weighted by Crippen LogP contribution is -2.41. The third-order valence-corrected chi connectivity index (χ3v) is 5.81. The molecule has 31 heavy (non-hydrogen) atoms. The highest BCUT2D eigenvalue weighted by atomic mass is 35.5. The van der Waals surface area contributed by atoms with Gasteiger partial charge in [-0.3, -0.25) is 4.79 Å². The molecule has 0 saturated carbocycles. The number of fused-ring (bicyclic) bond motifs is 1. The van der Waals surface area contributed by atoms with Crippen LogP contribution in [0.3, 0.4) is 0 Å². The second-order valence-corrected chi connectivity index (χ2v) is 8.49. The fraction of sp³-hybridized carbons (Fsp3) is 0.375. The molecule has 1 amide bonds. The van der Waals surface area contributed by atoms with Crippen molar-refractivity contribution in [1.82, 2.24) is 15.3 Å². The largest absolute Gasteiger partial charge is 0.472 e. The summed E-state index contributed by atoms with van der Waals surface area (Å²) in [4.78, 5) is 24.4. The van der Waals surface area contributed by atoms with E-state index in [0.717, 1.165) is 48.3 Å². The van der Waals surface area contributed by atoms with E-state index in [1.54, 1.807) is 0 Å². The smallest absolute Gasteiger partial charge is 0.258 e. The molecule has 0 bridgehead atoms. The summed E-state index contributed by atoms with van der Waals surface area (Å²) in [5.74, 6) is 1.35. The average Bonchev–Trinajstić information content (AvgIpc) is 2.77. The molecule has 1 aromatic heterocycles. The van der Waals surface area contributed by atoms with Crippen LogP contribution >= 0.6 is 11.6 Å². The van der Waals surface area contributed by atoms with Gasteiger partial charge in [0.15, 0.2) is 5.82 Å². The fourth-order valence-corrected chi connectivity index (χ4v) is 4.01. The Morgan fingerprint density at radius 2 is 1.74 bits per heavy atom. The quantitative estimate of drug-likeness (QED) is 0.609. The number of aromatic nitrogens is 2. The highest BCUT2D eigenvalue weighted by molar-refractivity contribution is 6.31. The summed E-state index contributed by atoms with van der Waals surface area (Å²) in [5, 5.41) is 3.70. The van der Waals surface area contributed by atoms with Crippen molar-refractivity contribution in [2.45, 2.75) is 39.3 Å². The van der Waals surface area contributed by atoms with Crippen molar-refractivity contribution in [1.29, 1.82) is 0 Å². The summed E-state index contributed by atoms with van der Waals surface area (Å²) in [6.45, 7) is 5.87. The van der Waals surface area contributed by atoms with Gasteiger partial charge in [0.05, 0.1) is 17.1 Å². The molecule has 1 saturated heterocycles. The van der Waals surface area contributed by atoms with Crippen LogP contribution in [-0.2, 0) is 11.3 Å². The standard InChI is InChI=1S/C24H27ClN4O2/c1-16(2)31-24-22(27-20-9-5-6-10-21(20)28-24)29-13-11-17(12-14-29)23(30)26-15-18-7-3-4-8-19(18)25/h3-10,16-17H,11-15H2,1-2H3,(H,26,30). The number of piperidine rings is 1. The topological polar surface area (TPSA) is 67.4 Å². The Kier molecular flexibility index (Phi) is 6.56. The Morgan fingerprint density at radius 3 is 2.42 bits per heavy atom. The van der Waals surface area contributed by atoms with Crippen LogP contribution in [0.4, 0.5) is 5.82 Å². The number of amides is 1. The molecule has 2 heterocycles. The SMILES string of the molecule is CC(C)Oc1nc2ccccc2nc1N1CCC(C(=O)NCc2ccccc2Cl)CC1. The van der Waals surface area contributed by atoms with Gasteiger partial charge in [-0.1, -0.05) is 41.9 Å². The molecular formula is C24H27ClN4O2. The van der Waals surface area contributed by atoms with E-state index in [1.807, 2.05) is 62.4 Å². The molecule has 162 valence electrons. The third kappa shape index (κ3) is 5.07. The van der Waals surface area contributed by atoms with E-state index < -0.39 is 0 Å². The summed E-state index contributed by atoms with van der Waals surface area (Å²) < 4.78 is 5.97. The molecule has 1 aliphatic rings. The van der Waals surface area contributed by atoms with Gasteiger partial charge in [0.25, 0.3) is 5.88 Å². The molecule has 7 heteroatoms. The van der Waals surface area contributed by atoms with E-state index in [-0.39, 0.29) is 17.9 Å². The summed E-state index contributed by atoms with van der Waals surface area (Å²) in [5.41, 5.74) is 2.58. The predicted molar refractivity (Wildman–Crippen MR) is 124 cm³/mol.